The standard InChI is InChI=1S/C7H12N2O/c1-9-5-3-2-4-6(9)7(8)10/h2-3,6H,4-5H2,1H3,(H2,8,10). The van der Waals surface area contributed by atoms with E-state index < -0.39 is 0 Å². The fourth-order valence-corrected chi connectivity index (χ4v) is 1.11. The third-order valence-electron chi connectivity index (χ3n) is 1.78. The van der Waals surface area contributed by atoms with E-state index in [1.807, 2.05) is 24.1 Å². The van der Waals surface area contributed by atoms with Crippen molar-refractivity contribution in [3.8, 4) is 0 Å². The van der Waals surface area contributed by atoms with Crippen molar-refractivity contribution in [3.63, 3.8) is 0 Å². The van der Waals surface area contributed by atoms with Crippen LogP contribution in [0, 0.1) is 0 Å². The van der Waals surface area contributed by atoms with Crippen molar-refractivity contribution in [2.75, 3.05) is 13.6 Å². The van der Waals surface area contributed by atoms with E-state index in [0.717, 1.165) is 13.0 Å². The minimum absolute atomic E-state index is 0.0926. The number of likely N-dealkylation sites (N-methyl/N-ethyl adjacent to an activating group) is 1. The Morgan fingerprint density at radius 3 is 2.80 bits per heavy atom. The Bertz CT molecular complexity index is 165. The van der Waals surface area contributed by atoms with E-state index in [1.165, 1.54) is 0 Å². The van der Waals surface area contributed by atoms with Crippen molar-refractivity contribution in [2.45, 2.75) is 12.5 Å². The molecule has 0 radical (unpaired) electrons. The van der Waals surface area contributed by atoms with Gasteiger partial charge >= 0.3 is 0 Å². The van der Waals surface area contributed by atoms with Crippen LogP contribution in [0.5, 0.6) is 0 Å². The van der Waals surface area contributed by atoms with Gasteiger partial charge in [-0.05, 0) is 13.5 Å². The summed E-state index contributed by atoms with van der Waals surface area (Å²) in [6.07, 6.45) is 4.79. The van der Waals surface area contributed by atoms with E-state index in [2.05, 4.69) is 0 Å². The van der Waals surface area contributed by atoms with Gasteiger partial charge in [-0.25, -0.2) is 0 Å². The second-order valence-electron chi connectivity index (χ2n) is 2.56. The molecule has 56 valence electrons. The quantitative estimate of drug-likeness (QED) is 0.510. The summed E-state index contributed by atoms with van der Waals surface area (Å²) in [6, 6.07) is -0.0926. The van der Waals surface area contributed by atoms with Crippen LogP contribution in [0.15, 0.2) is 12.2 Å². The molecule has 1 aliphatic heterocycles. The molecule has 1 atom stereocenters. The van der Waals surface area contributed by atoms with E-state index in [-0.39, 0.29) is 11.9 Å². The molecule has 0 aromatic heterocycles. The van der Waals surface area contributed by atoms with Crippen LogP contribution in [-0.4, -0.2) is 30.4 Å². The summed E-state index contributed by atoms with van der Waals surface area (Å²) in [5.74, 6) is -0.230. The molecule has 1 amide bonds. The Balaban J connectivity index is 2.59. The Morgan fingerprint density at radius 1 is 1.70 bits per heavy atom. The zero-order chi connectivity index (χ0) is 7.56. The van der Waals surface area contributed by atoms with Crippen molar-refractivity contribution in [1.82, 2.24) is 4.90 Å². The van der Waals surface area contributed by atoms with Gasteiger partial charge < -0.3 is 5.73 Å². The van der Waals surface area contributed by atoms with Crippen molar-refractivity contribution < 1.29 is 4.79 Å². The molecule has 0 fully saturated rings. The zero-order valence-corrected chi connectivity index (χ0v) is 6.08. The van der Waals surface area contributed by atoms with Gasteiger partial charge in [0.25, 0.3) is 0 Å². The fourth-order valence-electron chi connectivity index (χ4n) is 1.11. The van der Waals surface area contributed by atoms with E-state index in [4.69, 9.17) is 5.73 Å². The zero-order valence-electron chi connectivity index (χ0n) is 6.08. The van der Waals surface area contributed by atoms with Gasteiger partial charge in [-0.2, -0.15) is 0 Å². The summed E-state index contributed by atoms with van der Waals surface area (Å²) in [4.78, 5) is 12.7. The largest absolute Gasteiger partial charge is 0.368 e. The fraction of sp³-hybridized carbons (Fsp3) is 0.571. The number of nitrogens with two attached hydrogens (primary N) is 1. The minimum Gasteiger partial charge on any atom is -0.368 e. The van der Waals surface area contributed by atoms with E-state index in [1.54, 1.807) is 0 Å². The highest BCUT2D eigenvalue weighted by Gasteiger charge is 2.20. The van der Waals surface area contributed by atoms with E-state index in [9.17, 15) is 4.79 Å². The van der Waals surface area contributed by atoms with Crippen LogP contribution in [0.1, 0.15) is 6.42 Å². The van der Waals surface area contributed by atoms with E-state index >= 15 is 0 Å². The number of carbonyl (C=O) groups is 1. The van der Waals surface area contributed by atoms with E-state index in [0.29, 0.717) is 0 Å². The second kappa shape index (κ2) is 2.84. The molecule has 3 heteroatoms. The molecule has 10 heavy (non-hydrogen) atoms. The van der Waals surface area contributed by atoms with Crippen LogP contribution in [-0.2, 0) is 4.79 Å². The maximum absolute atomic E-state index is 10.7. The molecule has 2 N–H and O–H groups in total. The summed E-state index contributed by atoms with van der Waals surface area (Å²) >= 11 is 0. The van der Waals surface area contributed by atoms with Gasteiger partial charge in [-0.1, -0.05) is 12.2 Å². The summed E-state index contributed by atoms with van der Waals surface area (Å²) in [7, 11) is 1.90. The summed E-state index contributed by atoms with van der Waals surface area (Å²) in [5.41, 5.74) is 5.14. The number of hydrogen-bond acceptors (Lipinski definition) is 2. The Morgan fingerprint density at radius 2 is 2.40 bits per heavy atom. The van der Waals surface area contributed by atoms with Gasteiger partial charge in [0.2, 0.25) is 5.91 Å². The maximum atomic E-state index is 10.7. The van der Waals surface area contributed by atoms with Crippen molar-refractivity contribution in [1.29, 1.82) is 0 Å². The van der Waals surface area contributed by atoms with Crippen molar-refractivity contribution in [3.05, 3.63) is 12.2 Å². The molecular formula is C7H12N2O. The molecule has 1 aliphatic rings. The highest BCUT2D eigenvalue weighted by atomic mass is 16.1. The minimum atomic E-state index is -0.230. The topological polar surface area (TPSA) is 46.3 Å². The molecular weight excluding hydrogens is 128 g/mol. The lowest BCUT2D eigenvalue weighted by molar-refractivity contribution is -0.122. The highest BCUT2D eigenvalue weighted by Crippen LogP contribution is 2.07. The SMILES string of the molecule is CN1CC=CCC1C(N)=O. The molecule has 0 bridgehead atoms. The van der Waals surface area contributed by atoms with Crippen LogP contribution in [0.25, 0.3) is 0 Å². The van der Waals surface area contributed by atoms with Gasteiger partial charge in [0.15, 0.2) is 0 Å². The highest BCUT2D eigenvalue weighted by molar-refractivity contribution is 5.80. The van der Waals surface area contributed by atoms with Crippen molar-refractivity contribution >= 4 is 5.91 Å². The molecule has 1 rings (SSSR count). The molecule has 0 aromatic carbocycles. The van der Waals surface area contributed by atoms with Crippen LogP contribution in [0.2, 0.25) is 0 Å². The number of primary amides is 1. The predicted octanol–water partition coefficient (Wildman–Crippen LogP) is -0.268. The van der Waals surface area contributed by atoms with Crippen molar-refractivity contribution in [2.24, 2.45) is 5.73 Å². The van der Waals surface area contributed by atoms with Crippen LogP contribution in [0.4, 0.5) is 0 Å². The number of rotatable bonds is 1. The Hall–Kier alpha value is -0.830. The van der Waals surface area contributed by atoms with Gasteiger partial charge in [0, 0.05) is 6.54 Å². The first kappa shape index (κ1) is 7.28. The van der Waals surface area contributed by atoms with Crippen LogP contribution in [0.3, 0.4) is 0 Å². The normalized spacial score (nSPS) is 26.7. The predicted molar refractivity (Wildman–Crippen MR) is 39.4 cm³/mol. The third kappa shape index (κ3) is 1.36. The summed E-state index contributed by atoms with van der Waals surface area (Å²) in [5, 5.41) is 0. The van der Waals surface area contributed by atoms with Crippen LogP contribution < -0.4 is 5.73 Å². The average molecular weight is 140 g/mol. The average Bonchev–Trinajstić information content (AvgIpc) is 1.88. The summed E-state index contributed by atoms with van der Waals surface area (Å²) in [6.45, 7) is 0.827. The molecule has 3 nitrogen and oxygen atoms in total. The molecule has 0 saturated heterocycles. The van der Waals surface area contributed by atoms with Gasteiger partial charge in [0.05, 0.1) is 6.04 Å². The molecule has 0 spiro atoms. The lowest BCUT2D eigenvalue weighted by Gasteiger charge is -2.25. The molecule has 0 aromatic rings. The molecule has 0 aliphatic carbocycles. The first-order valence-electron chi connectivity index (χ1n) is 3.36. The number of nitrogens with zero attached hydrogens (tertiary/aromatic N) is 1. The first-order chi connectivity index (χ1) is 4.72. The Kier molecular flexibility index (Phi) is 2.06. The number of carbonyl (C=O) groups excluding carboxylic acids is 1. The van der Waals surface area contributed by atoms with Crippen LogP contribution >= 0.6 is 0 Å². The third-order valence-corrected chi connectivity index (χ3v) is 1.78. The monoisotopic (exact) mass is 140 g/mol. The molecule has 1 heterocycles. The molecule has 0 saturated carbocycles. The second-order valence-corrected chi connectivity index (χ2v) is 2.56. The number of hydrogen-bond donors (Lipinski definition) is 1. The van der Waals surface area contributed by atoms with Gasteiger partial charge in [-0.3, -0.25) is 9.69 Å². The lowest BCUT2D eigenvalue weighted by atomic mass is 10.1. The first-order valence-corrected chi connectivity index (χ1v) is 3.36. The number of amides is 1. The van der Waals surface area contributed by atoms with Gasteiger partial charge in [-0.15, -0.1) is 0 Å². The molecule has 1 unspecified atom stereocenters. The lowest BCUT2D eigenvalue weighted by Crippen LogP contribution is -2.43. The Labute approximate surface area is 60.5 Å². The summed E-state index contributed by atoms with van der Waals surface area (Å²) < 4.78 is 0. The smallest absolute Gasteiger partial charge is 0.235 e. The van der Waals surface area contributed by atoms with Gasteiger partial charge in [0.1, 0.15) is 0 Å². The maximum Gasteiger partial charge on any atom is 0.235 e.